The lowest BCUT2D eigenvalue weighted by Crippen LogP contribution is -2.09. The van der Waals surface area contributed by atoms with Crippen molar-refractivity contribution in [2.45, 2.75) is 26.8 Å². The second-order valence-corrected chi connectivity index (χ2v) is 3.79. The average Bonchev–Trinajstić information content (AvgIpc) is 2.47. The van der Waals surface area contributed by atoms with Crippen LogP contribution in [0.15, 0.2) is 6.20 Å². The molecule has 4 heteroatoms. The summed E-state index contributed by atoms with van der Waals surface area (Å²) in [5.41, 5.74) is 6.60. The van der Waals surface area contributed by atoms with Gasteiger partial charge in [0, 0.05) is 12.1 Å². The minimum absolute atomic E-state index is 0.564. The molecule has 80 valence electrons. The summed E-state index contributed by atoms with van der Waals surface area (Å²) in [6.07, 6.45) is 2.66. The van der Waals surface area contributed by atoms with Crippen LogP contribution in [0.2, 0.25) is 0 Å². The molecule has 0 radical (unpaired) electrons. The van der Waals surface area contributed by atoms with Crippen molar-refractivity contribution < 1.29 is 4.74 Å². The highest BCUT2D eigenvalue weighted by Gasteiger charge is 2.10. The molecule has 14 heavy (non-hydrogen) atoms. The van der Waals surface area contributed by atoms with E-state index in [4.69, 9.17) is 10.5 Å². The van der Waals surface area contributed by atoms with Gasteiger partial charge in [-0.05, 0) is 18.9 Å². The zero-order valence-electron chi connectivity index (χ0n) is 9.16. The molecule has 0 bridgehead atoms. The first-order chi connectivity index (χ1) is 6.69. The highest BCUT2D eigenvalue weighted by atomic mass is 16.5. The van der Waals surface area contributed by atoms with Crippen LogP contribution in [-0.4, -0.2) is 23.4 Å². The van der Waals surface area contributed by atoms with Crippen molar-refractivity contribution in [3.63, 3.8) is 0 Å². The predicted octanol–water partition coefficient (Wildman–Crippen LogP) is 1.05. The molecule has 0 aliphatic carbocycles. The molecule has 1 aromatic heterocycles. The molecule has 0 atom stereocenters. The number of hydrogen-bond donors (Lipinski definition) is 1. The first kappa shape index (κ1) is 11.0. The van der Waals surface area contributed by atoms with E-state index in [1.807, 2.05) is 10.9 Å². The molecule has 0 unspecified atom stereocenters. The maximum Gasteiger partial charge on any atom is 0.214 e. The summed E-state index contributed by atoms with van der Waals surface area (Å²) in [6.45, 7) is 5.82. The highest BCUT2D eigenvalue weighted by Crippen LogP contribution is 2.19. The maximum atomic E-state index is 5.50. The summed E-state index contributed by atoms with van der Waals surface area (Å²) in [5.74, 6) is 1.42. The monoisotopic (exact) mass is 197 g/mol. The number of nitrogens with zero attached hydrogens (tertiary/aromatic N) is 2. The molecule has 1 heterocycles. The Labute approximate surface area is 85.0 Å². The van der Waals surface area contributed by atoms with Gasteiger partial charge in [-0.1, -0.05) is 13.8 Å². The molecule has 0 saturated heterocycles. The van der Waals surface area contributed by atoms with E-state index in [2.05, 4.69) is 18.9 Å². The van der Waals surface area contributed by atoms with E-state index in [1.54, 1.807) is 7.11 Å². The van der Waals surface area contributed by atoms with Gasteiger partial charge >= 0.3 is 0 Å². The summed E-state index contributed by atoms with van der Waals surface area (Å²) in [7, 11) is 1.67. The van der Waals surface area contributed by atoms with Crippen LogP contribution in [0.5, 0.6) is 5.88 Å². The second kappa shape index (κ2) is 5.00. The van der Waals surface area contributed by atoms with E-state index in [-0.39, 0.29) is 0 Å². The van der Waals surface area contributed by atoms with Gasteiger partial charge < -0.3 is 10.5 Å². The fraction of sp³-hybridized carbons (Fsp3) is 0.700. The molecule has 0 saturated carbocycles. The van der Waals surface area contributed by atoms with Crippen molar-refractivity contribution in [2.75, 3.05) is 13.7 Å². The minimum atomic E-state index is 0.564. The van der Waals surface area contributed by atoms with Gasteiger partial charge in [-0.2, -0.15) is 5.10 Å². The molecule has 0 aromatic carbocycles. The van der Waals surface area contributed by atoms with Gasteiger partial charge in [-0.25, -0.2) is 4.68 Å². The number of ether oxygens (including phenoxy) is 1. The van der Waals surface area contributed by atoms with Crippen LogP contribution < -0.4 is 10.5 Å². The summed E-state index contributed by atoms with van der Waals surface area (Å²) >= 11 is 0. The van der Waals surface area contributed by atoms with Crippen molar-refractivity contribution in [1.29, 1.82) is 0 Å². The Bertz CT molecular complexity index is 281. The lowest BCUT2D eigenvalue weighted by atomic mass is 10.2. The van der Waals surface area contributed by atoms with Gasteiger partial charge in [0.25, 0.3) is 0 Å². The Hall–Kier alpha value is -1.03. The predicted molar refractivity (Wildman–Crippen MR) is 56.4 cm³/mol. The molecule has 0 spiro atoms. The first-order valence-corrected chi connectivity index (χ1v) is 4.97. The molecule has 0 aliphatic rings. The molecular weight excluding hydrogens is 178 g/mol. The third kappa shape index (κ3) is 2.48. The molecule has 1 rings (SSSR count). The summed E-state index contributed by atoms with van der Waals surface area (Å²) in [6, 6.07) is 0. The lowest BCUT2D eigenvalue weighted by molar-refractivity contribution is 0.340. The fourth-order valence-corrected chi connectivity index (χ4v) is 1.45. The van der Waals surface area contributed by atoms with Gasteiger partial charge in [-0.15, -0.1) is 0 Å². The number of aromatic nitrogens is 2. The lowest BCUT2D eigenvalue weighted by Gasteiger charge is -2.09. The van der Waals surface area contributed by atoms with Crippen LogP contribution in [0.3, 0.4) is 0 Å². The molecule has 0 fully saturated rings. The third-order valence-electron chi connectivity index (χ3n) is 2.01. The molecule has 2 N–H and O–H groups in total. The Morgan fingerprint density at radius 3 is 2.79 bits per heavy atom. The van der Waals surface area contributed by atoms with Gasteiger partial charge in [-0.3, -0.25) is 0 Å². The zero-order chi connectivity index (χ0) is 10.6. The van der Waals surface area contributed by atoms with Crippen LogP contribution >= 0.6 is 0 Å². The Morgan fingerprint density at radius 1 is 1.57 bits per heavy atom. The van der Waals surface area contributed by atoms with Gasteiger partial charge in [0.1, 0.15) is 0 Å². The smallest absolute Gasteiger partial charge is 0.214 e. The highest BCUT2D eigenvalue weighted by molar-refractivity contribution is 5.24. The van der Waals surface area contributed by atoms with E-state index in [1.165, 1.54) is 0 Å². The summed E-state index contributed by atoms with van der Waals surface area (Å²) < 4.78 is 7.21. The van der Waals surface area contributed by atoms with E-state index in [0.717, 1.165) is 24.4 Å². The van der Waals surface area contributed by atoms with Crippen molar-refractivity contribution in [2.24, 2.45) is 11.7 Å². The standard InChI is InChI=1S/C10H19N3O/c1-8(2)7-13-10(14-3)9(4-5-11)6-12-13/h6,8H,4-5,7,11H2,1-3H3. The van der Waals surface area contributed by atoms with E-state index >= 15 is 0 Å². The van der Waals surface area contributed by atoms with Crippen molar-refractivity contribution in [1.82, 2.24) is 9.78 Å². The molecular formula is C10H19N3O. The van der Waals surface area contributed by atoms with Crippen molar-refractivity contribution in [3.05, 3.63) is 11.8 Å². The largest absolute Gasteiger partial charge is 0.481 e. The number of rotatable bonds is 5. The number of methoxy groups -OCH3 is 1. The SMILES string of the molecule is COc1c(CCN)cnn1CC(C)C. The van der Waals surface area contributed by atoms with E-state index in [9.17, 15) is 0 Å². The maximum absolute atomic E-state index is 5.50. The second-order valence-electron chi connectivity index (χ2n) is 3.79. The average molecular weight is 197 g/mol. The normalized spacial score (nSPS) is 10.9. The molecule has 4 nitrogen and oxygen atoms in total. The van der Waals surface area contributed by atoms with Crippen LogP contribution in [0, 0.1) is 5.92 Å². The Balaban J connectivity index is 2.83. The number of hydrogen-bond acceptors (Lipinski definition) is 3. The van der Waals surface area contributed by atoms with Crippen LogP contribution in [-0.2, 0) is 13.0 Å². The first-order valence-electron chi connectivity index (χ1n) is 4.97. The van der Waals surface area contributed by atoms with Crippen LogP contribution in [0.25, 0.3) is 0 Å². The van der Waals surface area contributed by atoms with Gasteiger partial charge in [0.2, 0.25) is 5.88 Å². The van der Waals surface area contributed by atoms with Gasteiger partial charge in [0.05, 0.1) is 13.3 Å². The topological polar surface area (TPSA) is 53.1 Å². The van der Waals surface area contributed by atoms with Crippen molar-refractivity contribution >= 4 is 0 Å². The fourth-order valence-electron chi connectivity index (χ4n) is 1.45. The number of nitrogens with two attached hydrogens (primary N) is 1. The van der Waals surface area contributed by atoms with Crippen LogP contribution in [0.4, 0.5) is 0 Å². The third-order valence-corrected chi connectivity index (χ3v) is 2.01. The van der Waals surface area contributed by atoms with Gasteiger partial charge in [0.15, 0.2) is 0 Å². The zero-order valence-corrected chi connectivity index (χ0v) is 9.16. The van der Waals surface area contributed by atoms with Crippen molar-refractivity contribution in [3.8, 4) is 5.88 Å². The summed E-state index contributed by atoms with van der Waals surface area (Å²) in [5, 5.41) is 4.28. The molecule has 1 aromatic rings. The molecule has 0 aliphatic heterocycles. The quantitative estimate of drug-likeness (QED) is 0.767. The molecule has 0 amide bonds. The van der Waals surface area contributed by atoms with E-state index in [0.29, 0.717) is 12.5 Å². The summed E-state index contributed by atoms with van der Waals surface area (Å²) in [4.78, 5) is 0. The van der Waals surface area contributed by atoms with E-state index < -0.39 is 0 Å². The Kier molecular flexibility index (Phi) is 3.95. The minimum Gasteiger partial charge on any atom is -0.481 e. The Morgan fingerprint density at radius 2 is 2.29 bits per heavy atom. The van der Waals surface area contributed by atoms with Crippen LogP contribution in [0.1, 0.15) is 19.4 Å².